The van der Waals surface area contributed by atoms with Gasteiger partial charge in [-0.2, -0.15) is 5.26 Å². The molecule has 3 rings (SSSR count). The Balaban J connectivity index is 1.57. The van der Waals surface area contributed by atoms with Crippen molar-refractivity contribution in [2.75, 3.05) is 64.3 Å². The third-order valence-corrected chi connectivity index (χ3v) is 6.83. The lowest BCUT2D eigenvalue weighted by Gasteiger charge is -2.35. The standard InChI is InChI=1S/C26H35ClFN5/c1-4-31(5-2)11-10-30(3)24-8-7-22(18-29)23(17-24)20-33-14-12-32(13-15-33)19-21-6-9-26(28)25(27)16-21/h6-9,16-17H,4-5,10-15,19-20H2,1-3H3. The van der Waals surface area contributed by atoms with E-state index in [2.05, 4.69) is 58.7 Å². The average molecular weight is 472 g/mol. The summed E-state index contributed by atoms with van der Waals surface area (Å²) < 4.78 is 13.4. The van der Waals surface area contributed by atoms with Gasteiger partial charge in [-0.25, -0.2) is 4.39 Å². The van der Waals surface area contributed by atoms with Gasteiger partial charge in [0.2, 0.25) is 0 Å². The first-order valence-electron chi connectivity index (χ1n) is 11.8. The summed E-state index contributed by atoms with van der Waals surface area (Å²) in [5.41, 5.74) is 4.02. The van der Waals surface area contributed by atoms with Crippen LogP contribution < -0.4 is 4.90 Å². The van der Waals surface area contributed by atoms with E-state index in [0.29, 0.717) is 0 Å². The number of benzene rings is 2. The van der Waals surface area contributed by atoms with Crippen LogP contribution in [0, 0.1) is 17.1 Å². The smallest absolute Gasteiger partial charge is 0.141 e. The molecule has 1 fully saturated rings. The molecule has 1 aliphatic heterocycles. The predicted octanol–water partition coefficient (Wildman–Crippen LogP) is 4.45. The Morgan fingerprint density at radius 1 is 0.970 bits per heavy atom. The van der Waals surface area contributed by atoms with Gasteiger partial charge in [0.15, 0.2) is 0 Å². The highest BCUT2D eigenvalue weighted by Gasteiger charge is 2.19. The second-order valence-corrected chi connectivity index (χ2v) is 9.11. The zero-order valence-electron chi connectivity index (χ0n) is 20.0. The second kappa shape index (κ2) is 12.3. The molecule has 0 amide bonds. The van der Waals surface area contributed by atoms with Crippen LogP contribution in [-0.2, 0) is 13.1 Å². The van der Waals surface area contributed by atoms with E-state index in [9.17, 15) is 9.65 Å². The number of nitriles is 1. The van der Waals surface area contributed by atoms with Crippen molar-refractivity contribution in [2.45, 2.75) is 26.9 Å². The van der Waals surface area contributed by atoms with Crippen molar-refractivity contribution in [1.29, 1.82) is 5.26 Å². The van der Waals surface area contributed by atoms with Crippen molar-refractivity contribution in [3.63, 3.8) is 0 Å². The third kappa shape index (κ3) is 7.15. The Bertz CT molecular complexity index is 948. The molecule has 0 bridgehead atoms. The molecule has 2 aromatic rings. The minimum atomic E-state index is -0.375. The highest BCUT2D eigenvalue weighted by atomic mass is 35.5. The van der Waals surface area contributed by atoms with Crippen LogP contribution in [0.1, 0.15) is 30.5 Å². The largest absolute Gasteiger partial charge is 0.373 e. The van der Waals surface area contributed by atoms with E-state index in [1.54, 1.807) is 12.1 Å². The summed E-state index contributed by atoms with van der Waals surface area (Å²) in [6.45, 7) is 13.8. The number of piperazine rings is 1. The molecular weight excluding hydrogens is 437 g/mol. The minimum Gasteiger partial charge on any atom is -0.373 e. The molecule has 0 radical (unpaired) electrons. The Morgan fingerprint density at radius 2 is 1.64 bits per heavy atom. The zero-order valence-corrected chi connectivity index (χ0v) is 20.8. The van der Waals surface area contributed by atoms with Gasteiger partial charge in [0.1, 0.15) is 5.82 Å². The van der Waals surface area contributed by atoms with Crippen molar-refractivity contribution < 1.29 is 4.39 Å². The van der Waals surface area contributed by atoms with E-state index in [1.807, 2.05) is 6.07 Å². The topological polar surface area (TPSA) is 36.8 Å². The maximum atomic E-state index is 13.4. The van der Waals surface area contributed by atoms with Crippen molar-refractivity contribution in [3.8, 4) is 6.07 Å². The van der Waals surface area contributed by atoms with Crippen LogP contribution >= 0.6 is 11.6 Å². The molecule has 0 atom stereocenters. The molecule has 1 aliphatic rings. The first-order chi connectivity index (χ1) is 15.9. The molecule has 0 unspecified atom stereocenters. The van der Waals surface area contributed by atoms with E-state index < -0.39 is 0 Å². The predicted molar refractivity (Wildman–Crippen MR) is 134 cm³/mol. The number of anilines is 1. The SMILES string of the molecule is CCN(CC)CCN(C)c1ccc(C#N)c(CN2CCN(Cc3ccc(F)c(Cl)c3)CC2)c1. The quantitative estimate of drug-likeness (QED) is 0.511. The lowest BCUT2D eigenvalue weighted by Crippen LogP contribution is -2.45. The van der Waals surface area contributed by atoms with E-state index >= 15 is 0 Å². The fourth-order valence-electron chi connectivity index (χ4n) is 4.26. The van der Waals surface area contributed by atoms with Gasteiger partial charge in [0.05, 0.1) is 16.7 Å². The van der Waals surface area contributed by atoms with Crippen LogP contribution in [0.4, 0.5) is 10.1 Å². The molecule has 0 aliphatic carbocycles. The number of likely N-dealkylation sites (N-methyl/N-ethyl adjacent to an activating group) is 2. The summed E-state index contributed by atoms with van der Waals surface area (Å²) in [4.78, 5) is 9.46. The molecule has 0 spiro atoms. The molecule has 1 heterocycles. The van der Waals surface area contributed by atoms with E-state index in [0.717, 1.165) is 87.8 Å². The van der Waals surface area contributed by atoms with Crippen molar-refractivity contribution in [1.82, 2.24) is 14.7 Å². The lowest BCUT2D eigenvalue weighted by molar-refractivity contribution is 0.122. The summed E-state index contributed by atoms with van der Waals surface area (Å²) in [6, 6.07) is 13.5. The molecule has 2 aromatic carbocycles. The summed E-state index contributed by atoms with van der Waals surface area (Å²) >= 11 is 5.92. The van der Waals surface area contributed by atoms with E-state index in [1.165, 1.54) is 6.07 Å². The number of hydrogen-bond acceptors (Lipinski definition) is 5. The maximum absolute atomic E-state index is 13.4. The minimum absolute atomic E-state index is 0.178. The third-order valence-electron chi connectivity index (χ3n) is 6.55. The van der Waals surface area contributed by atoms with Gasteiger partial charge in [0.25, 0.3) is 0 Å². The van der Waals surface area contributed by atoms with Crippen LogP contribution in [-0.4, -0.2) is 74.1 Å². The number of nitrogens with zero attached hydrogens (tertiary/aromatic N) is 5. The first-order valence-corrected chi connectivity index (χ1v) is 12.2. The number of hydrogen-bond donors (Lipinski definition) is 0. The Hall–Kier alpha value is -2.17. The molecule has 1 saturated heterocycles. The van der Waals surface area contributed by atoms with E-state index in [-0.39, 0.29) is 10.8 Å². The fraction of sp³-hybridized carbons (Fsp3) is 0.500. The maximum Gasteiger partial charge on any atom is 0.141 e. The summed E-state index contributed by atoms with van der Waals surface area (Å²) in [7, 11) is 2.12. The van der Waals surface area contributed by atoms with Crippen LogP contribution in [0.15, 0.2) is 36.4 Å². The Morgan fingerprint density at radius 3 is 2.24 bits per heavy atom. The monoisotopic (exact) mass is 471 g/mol. The van der Waals surface area contributed by atoms with Crippen molar-refractivity contribution >= 4 is 17.3 Å². The van der Waals surface area contributed by atoms with Gasteiger partial charge in [0, 0.05) is 65.1 Å². The molecule has 0 N–H and O–H groups in total. The molecule has 178 valence electrons. The summed E-state index contributed by atoms with van der Waals surface area (Å²) in [5.74, 6) is -0.375. The number of halogens is 2. The van der Waals surface area contributed by atoms with Crippen LogP contribution in [0.2, 0.25) is 5.02 Å². The van der Waals surface area contributed by atoms with Gasteiger partial charge < -0.3 is 9.80 Å². The van der Waals surface area contributed by atoms with Crippen LogP contribution in [0.5, 0.6) is 0 Å². The lowest BCUT2D eigenvalue weighted by atomic mass is 10.1. The Labute approximate surface area is 202 Å². The fourth-order valence-corrected chi connectivity index (χ4v) is 4.46. The molecule has 0 aromatic heterocycles. The summed E-state index contributed by atoms with van der Waals surface area (Å²) in [6.07, 6.45) is 0. The first kappa shape index (κ1) is 25.5. The van der Waals surface area contributed by atoms with Gasteiger partial charge >= 0.3 is 0 Å². The van der Waals surface area contributed by atoms with E-state index in [4.69, 9.17) is 11.6 Å². The molecule has 7 heteroatoms. The van der Waals surface area contributed by atoms with Crippen molar-refractivity contribution in [2.24, 2.45) is 0 Å². The molecular formula is C26H35ClFN5. The van der Waals surface area contributed by atoms with Gasteiger partial charge in [-0.1, -0.05) is 31.5 Å². The average Bonchev–Trinajstić information content (AvgIpc) is 2.83. The number of rotatable bonds is 10. The second-order valence-electron chi connectivity index (χ2n) is 8.70. The molecule has 0 saturated carbocycles. The normalized spacial score (nSPS) is 15.1. The van der Waals surface area contributed by atoms with Gasteiger partial charge in [-0.15, -0.1) is 0 Å². The highest BCUT2D eigenvalue weighted by Crippen LogP contribution is 2.22. The summed E-state index contributed by atoms with van der Waals surface area (Å²) in [5, 5.41) is 9.81. The Kier molecular flexibility index (Phi) is 9.52. The van der Waals surface area contributed by atoms with Gasteiger partial charge in [-0.3, -0.25) is 9.80 Å². The van der Waals surface area contributed by atoms with Crippen LogP contribution in [0.3, 0.4) is 0 Å². The molecule has 5 nitrogen and oxygen atoms in total. The van der Waals surface area contributed by atoms with Crippen molar-refractivity contribution in [3.05, 3.63) is 63.9 Å². The molecule has 33 heavy (non-hydrogen) atoms. The van der Waals surface area contributed by atoms with Gasteiger partial charge in [-0.05, 0) is 54.5 Å². The zero-order chi connectivity index (χ0) is 23.8. The van der Waals surface area contributed by atoms with Crippen LogP contribution in [0.25, 0.3) is 0 Å². The highest BCUT2D eigenvalue weighted by molar-refractivity contribution is 6.30.